The summed E-state index contributed by atoms with van der Waals surface area (Å²) in [6.45, 7) is 7.19. The van der Waals surface area contributed by atoms with Crippen molar-refractivity contribution < 1.29 is 9.47 Å². The number of anilines is 1. The third-order valence-corrected chi connectivity index (χ3v) is 6.70. The molecule has 2 heterocycles. The van der Waals surface area contributed by atoms with Crippen LogP contribution in [0.1, 0.15) is 56.7 Å². The predicted molar refractivity (Wildman–Crippen MR) is 135 cm³/mol. The van der Waals surface area contributed by atoms with Gasteiger partial charge in [0.15, 0.2) is 0 Å². The maximum absolute atomic E-state index is 5.94. The van der Waals surface area contributed by atoms with Crippen molar-refractivity contribution in [3.05, 3.63) is 17.3 Å². The molecule has 2 aromatic heterocycles. The van der Waals surface area contributed by atoms with Crippen LogP contribution in [0.2, 0.25) is 0 Å². The zero-order valence-corrected chi connectivity index (χ0v) is 21.3. The summed E-state index contributed by atoms with van der Waals surface area (Å²) < 4.78 is 11.1. The minimum Gasteiger partial charge on any atom is -0.383 e. The van der Waals surface area contributed by atoms with E-state index >= 15 is 0 Å². The second kappa shape index (κ2) is 16.0. The molecular formula is C22H38Cl2N4O2S. The van der Waals surface area contributed by atoms with Crippen molar-refractivity contribution in [3.8, 4) is 0 Å². The SMILES string of the molecule is CCN(CCOC)CCOCc1cc2c(NC3CCCCCCC3)ncnc2s1.Cl.Cl. The molecule has 3 rings (SSSR count). The number of ether oxygens (including phenoxy) is 2. The van der Waals surface area contributed by atoms with Crippen molar-refractivity contribution >= 4 is 52.2 Å². The molecule has 0 radical (unpaired) electrons. The number of methoxy groups -OCH3 is 1. The molecule has 31 heavy (non-hydrogen) atoms. The maximum atomic E-state index is 5.94. The van der Waals surface area contributed by atoms with Crippen molar-refractivity contribution in [3.63, 3.8) is 0 Å². The average molecular weight is 494 g/mol. The highest BCUT2D eigenvalue weighted by molar-refractivity contribution is 7.18. The monoisotopic (exact) mass is 492 g/mol. The molecule has 1 fully saturated rings. The Morgan fingerprint density at radius 2 is 1.77 bits per heavy atom. The molecule has 0 amide bonds. The minimum atomic E-state index is 0. The second-order valence-corrected chi connectivity index (χ2v) is 8.94. The van der Waals surface area contributed by atoms with Gasteiger partial charge in [-0.2, -0.15) is 0 Å². The highest BCUT2D eigenvalue weighted by Gasteiger charge is 2.15. The third kappa shape index (κ3) is 9.36. The van der Waals surface area contributed by atoms with Gasteiger partial charge in [0, 0.05) is 31.1 Å². The molecule has 0 aromatic carbocycles. The van der Waals surface area contributed by atoms with Crippen molar-refractivity contribution in [2.75, 3.05) is 45.3 Å². The van der Waals surface area contributed by atoms with Crippen LogP contribution in [0.5, 0.6) is 0 Å². The number of hydrogen-bond donors (Lipinski definition) is 1. The molecule has 1 N–H and O–H groups in total. The van der Waals surface area contributed by atoms with Gasteiger partial charge in [0.25, 0.3) is 0 Å². The fourth-order valence-corrected chi connectivity index (χ4v) is 4.83. The fourth-order valence-electron chi connectivity index (χ4n) is 3.90. The van der Waals surface area contributed by atoms with Gasteiger partial charge < -0.3 is 14.8 Å². The van der Waals surface area contributed by atoms with E-state index in [-0.39, 0.29) is 24.8 Å². The van der Waals surface area contributed by atoms with Crippen LogP contribution in [0.4, 0.5) is 5.82 Å². The van der Waals surface area contributed by atoms with Crippen LogP contribution in [0, 0.1) is 0 Å². The summed E-state index contributed by atoms with van der Waals surface area (Å²) in [7, 11) is 1.75. The number of halogens is 2. The molecule has 1 aliphatic rings. The van der Waals surface area contributed by atoms with Gasteiger partial charge in [-0.05, 0) is 25.5 Å². The van der Waals surface area contributed by atoms with Gasteiger partial charge in [-0.3, -0.25) is 4.90 Å². The first-order valence-corrected chi connectivity index (χ1v) is 11.9. The largest absolute Gasteiger partial charge is 0.383 e. The lowest BCUT2D eigenvalue weighted by Crippen LogP contribution is -2.30. The van der Waals surface area contributed by atoms with Crippen LogP contribution >= 0.6 is 36.2 Å². The van der Waals surface area contributed by atoms with Gasteiger partial charge in [0.2, 0.25) is 0 Å². The molecule has 1 saturated carbocycles. The average Bonchev–Trinajstić information content (AvgIpc) is 3.13. The number of fused-ring (bicyclic) bond motifs is 1. The first kappa shape index (κ1) is 28.3. The summed E-state index contributed by atoms with van der Waals surface area (Å²) in [6, 6.07) is 2.73. The van der Waals surface area contributed by atoms with Gasteiger partial charge in [0.05, 0.1) is 25.2 Å². The Balaban J connectivity index is 0.00000240. The number of thiophene rings is 1. The highest BCUT2D eigenvalue weighted by atomic mass is 35.5. The summed E-state index contributed by atoms with van der Waals surface area (Å²) in [6.07, 6.45) is 10.9. The zero-order chi connectivity index (χ0) is 20.3. The molecule has 9 heteroatoms. The Morgan fingerprint density at radius 3 is 2.48 bits per heavy atom. The molecule has 1 aliphatic carbocycles. The van der Waals surface area contributed by atoms with E-state index in [4.69, 9.17) is 9.47 Å². The van der Waals surface area contributed by atoms with E-state index in [0.717, 1.165) is 48.9 Å². The Labute approximate surface area is 203 Å². The number of likely N-dealkylation sites (N-methyl/N-ethyl adjacent to an activating group) is 1. The van der Waals surface area contributed by atoms with Gasteiger partial charge in [-0.25, -0.2) is 9.97 Å². The lowest BCUT2D eigenvalue weighted by molar-refractivity contribution is 0.0832. The smallest absolute Gasteiger partial charge is 0.138 e. The lowest BCUT2D eigenvalue weighted by atomic mass is 9.97. The molecular weight excluding hydrogens is 455 g/mol. The first-order valence-electron chi connectivity index (χ1n) is 11.1. The summed E-state index contributed by atoms with van der Waals surface area (Å²) in [5.74, 6) is 0.986. The molecule has 0 spiro atoms. The van der Waals surface area contributed by atoms with E-state index < -0.39 is 0 Å². The Morgan fingerprint density at radius 1 is 1.06 bits per heavy atom. The van der Waals surface area contributed by atoms with E-state index in [2.05, 4.69) is 33.2 Å². The first-order chi connectivity index (χ1) is 14.3. The highest BCUT2D eigenvalue weighted by Crippen LogP contribution is 2.30. The number of hydrogen-bond acceptors (Lipinski definition) is 7. The van der Waals surface area contributed by atoms with E-state index in [1.54, 1.807) is 24.8 Å². The predicted octanol–water partition coefficient (Wildman–Crippen LogP) is 5.54. The molecule has 178 valence electrons. The minimum absolute atomic E-state index is 0. The molecule has 0 saturated heterocycles. The zero-order valence-electron chi connectivity index (χ0n) is 18.8. The maximum Gasteiger partial charge on any atom is 0.138 e. The Hall–Kier alpha value is -0.700. The lowest BCUT2D eigenvalue weighted by Gasteiger charge is -2.21. The number of nitrogens with zero attached hydrogens (tertiary/aromatic N) is 3. The molecule has 2 aromatic rings. The van der Waals surface area contributed by atoms with Gasteiger partial charge in [-0.1, -0.05) is 39.0 Å². The van der Waals surface area contributed by atoms with Gasteiger partial charge in [0.1, 0.15) is 17.0 Å². The van der Waals surface area contributed by atoms with Crippen LogP contribution in [-0.4, -0.2) is 60.9 Å². The summed E-state index contributed by atoms with van der Waals surface area (Å²) >= 11 is 1.71. The van der Waals surface area contributed by atoms with Crippen LogP contribution in [0.3, 0.4) is 0 Å². The van der Waals surface area contributed by atoms with E-state index in [9.17, 15) is 0 Å². The molecule has 6 nitrogen and oxygen atoms in total. The summed E-state index contributed by atoms with van der Waals surface area (Å²) in [5, 5.41) is 4.84. The van der Waals surface area contributed by atoms with Crippen LogP contribution in [0.15, 0.2) is 12.4 Å². The van der Waals surface area contributed by atoms with Crippen molar-refractivity contribution in [2.45, 2.75) is 64.5 Å². The van der Waals surface area contributed by atoms with E-state index in [1.165, 1.54) is 49.8 Å². The molecule has 0 atom stereocenters. The van der Waals surface area contributed by atoms with Crippen molar-refractivity contribution in [1.29, 1.82) is 0 Å². The second-order valence-electron chi connectivity index (χ2n) is 7.82. The Kier molecular flexibility index (Phi) is 14.6. The van der Waals surface area contributed by atoms with E-state index in [1.807, 2.05) is 0 Å². The number of aromatic nitrogens is 2. The standard InChI is InChI=1S/C22H36N4O2S.2ClH/c1-3-26(11-13-27-2)12-14-28-16-19-15-20-21(23-17-24-22(20)29-19)25-18-9-7-5-4-6-8-10-18;;/h15,17-18H,3-14,16H2,1-2H3,(H,23,24,25);2*1H. The number of rotatable bonds is 11. The Bertz CT molecular complexity index is 727. The quantitative estimate of drug-likeness (QED) is 0.415. The van der Waals surface area contributed by atoms with Crippen molar-refractivity contribution in [2.24, 2.45) is 0 Å². The fraction of sp³-hybridized carbons (Fsp3) is 0.727. The molecule has 0 bridgehead atoms. The van der Waals surface area contributed by atoms with Crippen molar-refractivity contribution in [1.82, 2.24) is 14.9 Å². The molecule has 0 aliphatic heterocycles. The van der Waals surface area contributed by atoms with Crippen LogP contribution in [-0.2, 0) is 16.1 Å². The third-order valence-electron chi connectivity index (χ3n) is 5.68. The van der Waals surface area contributed by atoms with Gasteiger partial charge in [-0.15, -0.1) is 36.2 Å². The summed E-state index contributed by atoms with van der Waals surface area (Å²) in [4.78, 5) is 13.6. The van der Waals surface area contributed by atoms with Crippen LogP contribution < -0.4 is 5.32 Å². The normalized spacial score (nSPS) is 15.2. The topological polar surface area (TPSA) is 59.5 Å². The van der Waals surface area contributed by atoms with Crippen LogP contribution in [0.25, 0.3) is 10.2 Å². The van der Waals surface area contributed by atoms with Gasteiger partial charge >= 0.3 is 0 Å². The van der Waals surface area contributed by atoms with E-state index in [0.29, 0.717) is 12.6 Å². The number of nitrogens with one attached hydrogen (secondary N) is 1. The summed E-state index contributed by atoms with van der Waals surface area (Å²) in [5.41, 5.74) is 0. The molecule has 0 unspecified atom stereocenters.